The highest BCUT2D eigenvalue weighted by atomic mass is 79.9. The third-order valence-electron chi connectivity index (χ3n) is 4.15. The highest BCUT2D eigenvalue weighted by Gasteiger charge is 2.40. The molecule has 0 unspecified atom stereocenters. The smallest absolute Gasteiger partial charge is 0.309 e. The average Bonchev–Trinajstić information content (AvgIpc) is 2.90. The van der Waals surface area contributed by atoms with Gasteiger partial charge in [-0.3, -0.25) is 9.59 Å². The zero-order valence-electron chi connectivity index (χ0n) is 11.8. The van der Waals surface area contributed by atoms with Crippen molar-refractivity contribution in [2.24, 2.45) is 5.41 Å². The Hall–Kier alpha value is -1.14. The van der Waals surface area contributed by atoms with E-state index in [9.17, 15) is 14.7 Å². The first kappa shape index (κ1) is 16.2. The largest absolute Gasteiger partial charge is 0.481 e. The fourth-order valence-electron chi connectivity index (χ4n) is 2.55. The van der Waals surface area contributed by atoms with Gasteiger partial charge in [-0.05, 0) is 53.4 Å². The van der Waals surface area contributed by atoms with Gasteiger partial charge in [-0.15, -0.1) is 11.3 Å². The number of hydrogen-bond donors (Lipinski definition) is 1. The molecule has 0 saturated carbocycles. The summed E-state index contributed by atoms with van der Waals surface area (Å²) in [7, 11) is 0. The standard InChI is InChI=1S/C15H18BrNO3S/c1-2-15(14(19)20)7-9-17(10-8-15)13(18)6-4-11-3-5-12(16)21-11/h3-6H,2,7-10H2,1H3,(H,19,20). The number of carbonyl (C=O) groups is 2. The number of carboxylic acids is 1. The number of amides is 1. The molecule has 1 aliphatic rings. The lowest BCUT2D eigenvalue weighted by molar-refractivity contribution is -0.154. The van der Waals surface area contributed by atoms with E-state index in [1.165, 1.54) is 0 Å². The number of piperidine rings is 1. The third kappa shape index (κ3) is 3.74. The van der Waals surface area contributed by atoms with Gasteiger partial charge in [0.05, 0.1) is 9.20 Å². The molecule has 0 aromatic carbocycles. The minimum atomic E-state index is -0.740. The predicted octanol–water partition coefficient (Wildman–Crippen LogP) is 3.63. The molecule has 114 valence electrons. The third-order valence-corrected chi connectivity index (χ3v) is 5.74. The summed E-state index contributed by atoms with van der Waals surface area (Å²) in [5, 5.41) is 9.35. The molecule has 1 aliphatic heterocycles. The molecular formula is C15H18BrNO3S. The number of nitrogens with zero attached hydrogens (tertiary/aromatic N) is 1. The van der Waals surface area contributed by atoms with Crippen LogP contribution in [-0.2, 0) is 9.59 Å². The molecule has 1 aromatic heterocycles. The van der Waals surface area contributed by atoms with Crippen LogP contribution in [0.25, 0.3) is 6.08 Å². The van der Waals surface area contributed by atoms with Gasteiger partial charge in [-0.2, -0.15) is 0 Å². The molecule has 1 N–H and O–H groups in total. The number of hydrogen-bond acceptors (Lipinski definition) is 3. The predicted molar refractivity (Wildman–Crippen MR) is 87.2 cm³/mol. The van der Waals surface area contributed by atoms with Crippen molar-refractivity contribution in [3.05, 3.63) is 26.9 Å². The second kappa shape index (κ2) is 6.75. The van der Waals surface area contributed by atoms with E-state index in [2.05, 4.69) is 15.9 Å². The van der Waals surface area contributed by atoms with Crippen LogP contribution in [0.2, 0.25) is 0 Å². The topological polar surface area (TPSA) is 57.6 Å². The Balaban J connectivity index is 1.94. The average molecular weight is 372 g/mol. The van der Waals surface area contributed by atoms with E-state index in [4.69, 9.17) is 0 Å². The van der Waals surface area contributed by atoms with E-state index in [0.29, 0.717) is 32.4 Å². The van der Waals surface area contributed by atoms with Crippen LogP contribution in [0.5, 0.6) is 0 Å². The molecule has 4 nitrogen and oxygen atoms in total. The van der Waals surface area contributed by atoms with E-state index >= 15 is 0 Å². The lowest BCUT2D eigenvalue weighted by Gasteiger charge is -2.37. The molecule has 1 fully saturated rings. The van der Waals surface area contributed by atoms with Crippen LogP contribution in [-0.4, -0.2) is 35.0 Å². The first-order valence-corrected chi connectivity index (χ1v) is 8.53. The number of aliphatic carboxylic acids is 1. The van der Waals surface area contributed by atoms with Crippen LogP contribution in [0.4, 0.5) is 0 Å². The number of carboxylic acid groups (broad SMARTS) is 1. The highest BCUT2D eigenvalue weighted by Crippen LogP contribution is 2.35. The molecule has 0 atom stereocenters. The van der Waals surface area contributed by atoms with Crippen LogP contribution in [0.3, 0.4) is 0 Å². The second-order valence-corrected chi connectivity index (χ2v) is 7.73. The molecule has 6 heteroatoms. The maximum absolute atomic E-state index is 12.1. The summed E-state index contributed by atoms with van der Waals surface area (Å²) >= 11 is 4.95. The lowest BCUT2D eigenvalue weighted by Crippen LogP contribution is -2.45. The van der Waals surface area contributed by atoms with Crippen molar-refractivity contribution in [3.8, 4) is 0 Å². The molecule has 0 aliphatic carbocycles. The summed E-state index contributed by atoms with van der Waals surface area (Å²) in [6.45, 7) is 2.93. The summed E-state index contributed by atoms with van der Waals surface area (Å²) in [6.07, 6.45) is 5.05. The van der Waals surface area contributed by atoms with Crippen LogP contribution < -0.4 is 0 Å². The zero-order valence-corrected chi connectivity index (χ0v) is 14.2. The Bertz CT molecular complexity index is 559. The van der Waals surface area contributed by atoms with Crippen molar-refractivity contribution in [1.29, 1.82) is 0 Å². The molecule has 1 amide bonds. The number of likely N-dealkylation sites (tertiary alicyclic amines) is 1. The van der Waals surface area contributed by atoms with Gasteiger partial charge in [0.1, 0.15) is 0 Å². The van der Waals surface area contributed by atoms with Crippen molar-refractivity contribution < 1.29 is 14.7 Å². The maximum Gasteiger partial charge on any atom is 0.309 e. The highest BCUT2D eigenvalue weighted by molar-refractivity contribution is 9.11. The van der Waals surface area contributed by atoms with Crippen LogP contribution in [0.1, 0.15) is 31.1 Å². The Labute approximate surface area is 136 Å². The lowest BCUT2D eigenvalue weighted by atomic mass is 9.76. The van der Waals surface area contributed by atoms with E-state index in [0.717, 1.165) is 8.66 Å². The molecule has 0 spiro atoms. The van der Waals surface area contributed by atoms with E-state index in [-0.39, 0.29) is 5.91 Å². The van der Waals surface area contributed by atoms with Gasteiger partial charge >= 0.3 is 5.97 Å². The van der Waals surface area contributed by atoms with Crippen molar-refractivity contribution in [1.82, 2.24) is 4.90 Å². The Morgan fingerprint density at radius 3 is 2.57 bits per heavy atom. The van der Waals surface area contributed by atoms with Crippen molar-refractivity contribution in [2.75, 3.05) is 13.1 Å². The summed E-state index contributed by atoms with van der Waals surface area (Å²) in [4.78, 5) is 26.3. The monoisotopic (exact) mass is 371 g/mol. The van der Waals surface area contributed by atoms with Gasteiger partial charge in [0.25, 0.3) is 0 Å². The first-order chi connectivity index (χ1) is 9.97. The van der Waals surface area contributed by atoms with Crippen LogP contribution in [0, 0.1) is 5.41 Å². The molecule has 1 saturated heterocycles. The Kier molecular flexibility index (Phi) is 5.22. The molecule has 0 bridgehead atoms. The first-order valence-electron chi connectivity index (χ1n) is 6.92. The van der Waals surface area contributed by atoms with Crippen molar-refractivity contribution in [3.63, 3.8) is 0 Å². The molecule has 21 heavy (non-hydrogen) atoms. The summed E-state index contributed by atoms with van der Waals surface area (Å²) in [5.74, 6) is -0.786. The second-order valence-electron chi connectivity index (χ2n) is 5.24. The van der Waals surface area contributed by atoms with Gasteiger partial charge in [0, 0.05) is 24.0 Å². The molecule has 2 heterocycles. The van der Waals surface area contributed by atoms with Crippen molar-refractivity contribution in [2.45, 2.75) is 26.2 Å². The van der Waals surface area contributed by atoms with Crippen molar-refractivity contribution >= 4 is 45.2 Å². The van der Waals surface area contributed by atoms with Gasteiger partial charge < -0.3 is 10.0 Å². The molecule has 1 aromatic rings. The number of halogens is 1. The molecule has 2 rings (SSSR count). The van der Waals surface area contributed by atoms with Crippen LogP contribution in [0.15, 0.2) is 22.0 Å². The maximum atomic E-state index is 12.1. The van der Waals surface area contributed by atoms with Crippen LogP contribution >= 0.6 is 27.3 Å². The number of thiophene rings is 1. The fourth-order valence-corrected chi connectivity index (χ4v) is 3.88. The summed E-state index contributed by atoms with van der Waals surface area (Å²) in [5.41, 5.74) is -0.654. The van der Waals surface area contributed by atoms with E-state index < -0.39 is 11.4 Å². The SMILES string of the molecule is CCC1(C(=O)O)CCN(C(=O)C=Cc2ccc(Br)s2)CC1. The zero-order chi connectivity index (χ0) is 15.5. The minimum absolute atomic E-state index is 0.0467. The molecule has 0 radical (unpaired) electrons. The normalized spacial score (nSPS) is 18.1. The summed E-state index contributed by atoms with van der Waals surface area (Å²) < 4.78 is 1.03. The van der Waals surface area contributed by atoms with Gasteiger partial charge in [-0.25, -0.2) is 0 Å². The summed E-state index contributed by atoms with van der Waals surface area (Å²) in [6, 6.07) is 3.89. The van der Waals surface area contributed by atoms with Gasteiger partial charge in [0.2, 0.25) is 5.91 Å². The van der Waals surface area contributed by atoms with E-state index in [1.54, 1.807) is 28.4 Å². The van der Waals surface area contributed by atoms with E-state index in [1.807, 2.05) is 19.1 Å². The minimum Gasteiger partial charge on any atom is -0.481 e. The number of rotatable bonds is 4. The Morgan fingerprint density at radius 2 is 2.10 bits per heavy atom. The number of carbonyl (C=O) groups excluding carboxylic acids is 1. The fraction of sp³-hybridized carbons (Fsp3) is 0.467. The Morgan fingerprint density at radius 1 is 1.43 bits per heavy atom. The van der Waals surface area contributed by atoms with Gasteiger partial charge in [0.15, 0.2) is 0 Å². The quantitative estimate of drug-likeness (QED) is 0.822. The van der Waals surface area contributed by atoms with Gasteiger partial charge in [-0.1, -0.05) is 6.92 Å². The molecular weight excluding hydrogens is 354 g/mol.